The van der Waals surface area contributed by atoms with Gasteiger partial charge in [0.25, 0.3) is 5.91 Å². The van der Waals surface area contributed by atoms with Gasteiger partial charge in [-0.3, -0.25) is 4.79 Å². The van der Waals surface area contributed by atoms with Gasteiger partial charge in [-0.2, -0.15) is 0 Å². The largest absolute Gasteiger partial charge is 0.381 e. The molecule has 24 heavy (non-hydrogen) atoms. The minimum atomic E-state index is -0.231. The Kier molecular flexibility index (Phi) is 5.15. The highest BCUT2D eigenvalue weighted by Gasteiger charge is 2.52. The minimum Gasteiger partial charge on any atom is -0.381 e. The van der Waals surface area contributed by atoms with Crippen LogP contribution in [0.15, 0.2) is 12.5 Å². The third-order valence-electron chi connectivity index (χ3n) is 5.65. The van der Waals surface area contributed by atoms with Gasteiger partial charge in [0.05, 0.1) is 29.0 Å². The summed E-state index contributed by atoms with van der Waals surface area (Å²) < 4.78 is 11.5. The summed E-state index contributed by atoms with van der Waals surface area (Å²) in [6.07, 6.45) is 8.74. The van der Waals surface area contributed by atoms with Crippen LogP contribution in [0.5, 0.6) is 0 Å². The molecule has 3 atom stereocenters. The standard InChI is InChI=1S/C18H27N3O3/c1-4-5-15-14(11-19-12-20-15)17(22)21-9-8-18(24-3)7-6-13(23-2)10-16(18)21/h11-13,16H,4-10H2,1-3H3/t13?,16?,18-/m1/s1. The number of fused-ring (bicyclic) bond motifs is 1. The van der Waals surface area contributed by atoms with Gasteiger partial charge in [0.1, 0.15) is 6.33 Å². The second-order valence-electron chi connectivity index (χ2n) is 6.80. The second kappa shape index (κ2) is 7.15. The number of hydrogen-bond acceptors (Lipinski definition) is 5. The molecule has 0 bridgehead atoms. The summed E-state index contributed by atoms with van der Waals surface area (Å²) in [6.45, 7) is 2.81. The van der Waals surface area contributed by atoms with Crippen molar-refractivity contribution in [2.45, 2.75) is 63.2 Å². The van der Waals surface area contributed by atoms with Crippen LogP contribution in [0.1, 0.15) is 55.1 Å². The van der Waals surface area contributed by atoms with Crippen LogP contribution in [0, 0.1) is 0 Å². The van der Waals surface area contributed by atoms with E-state index in [0.717, 1.165) is 44.2 Å². The number of carbonyl (C=O) groups is 1. The second-order valence-corrected chi connectivity index (χ2v) is 6.80. The highest BCUT2D eigenvalue weighted by molar-refractivity contribution is 5.95. The number of aromatic nitrogens is 2. The summed E-state index contributed by atoms with van der Waals surface area (Å²) in [6, 6.07) is 0.0587. The number of carbonyl (C=O) groups excluding carboxylic acids is 1. The number of ether oxygens (including phenoxy) is 2. The van der Waals surface area contributed by atoms with Crippen molar-refractivity contribution >= 4 is 5.91 Å². The quantitative estimate of drug-likeness (QED) is 0.827. The van der Waals surface area contributed by atoms with Crippen LogP contribution < -0.4 is 0 Å². The molecule has 1 aliphatic heterocycles. The minimum absolute atomic E-state index is 0.0275. The van der Waals surface area contributed by atoms with Crippen molar-refractivity contribution in [2.24, 2.45) is 0 Å². The molecule has 2 fully saturated rings. The number of amides is 1. The molecule has 1 saturated heterocycles. The molecule has 1 aliphatic carbocycles. The maximum Gasteiger partial charge on any atom is 0.257 e. The number of methoxy groups -OCH3 is 2. The van der Waals surface area contributed by atoms with Crippen LogP contribution >= 0.6 is 0 Å². The number of nitrogens with zero attached hydrogens (tertiary/aromatic N) is 3. The van der Waals surface area contributed by atoms with E-state index < -0.39 is 0 Å². The Hall–Kier alpha value is -1.53. The topological polar surface area (TPSA) is 64.6 Å². The molecule has 3 rings (SSSR count). The Balaban J connectivity index is 1.87. The molecule has 1 saturated carbocycles. The monoisotopic (exact) mass is 333 g/mol. The molecule has 132 valence electrons. The Bertz CT molecular complexity index is 595. The molecular weight excluding hydrogens is 306 g/mol. The molecule has 0 N–H and O–H groups in total. The molecule has 1 aromatic rings. The molecule has 2 aliphatic rings. The normalized spacial score (nSPS) is 29.5. The summed E-state index contributed by atoms with van der Waals surface area (Å²) in [4.78, 5) is 23.6. The number of rotatable bonds is 5. The van der Waals surface area contributed by atoms with Gasteiger partial charge >= 0.3 is 0 Å². The maximum absolute atomic E-state index is 13.2. The summed E-state index contributed by atoms with van der Waals surface area (Å²) in [5, 5.41) is 0. The van der Waals surface area contributed by atoms with Gasteiger partial charge in [-0.15, -0.1) is 0 Å². The average molecular weight is 333 g/mol. The lowest BCUT2D eigenvalue weighted by Crippen LogP contribution is -2.53. The summed E-state index contributed by atoms with van der Waals surface area (Å²) in [5.41, 5.74) is 1.24. The highest BCUT2D eigenvalue weighted by Crippen LogP contribution is 2.43. The smallest absolute Gasteiger partial charge is 0.257 e. The molecule has 2 heterocycles. The van der Waals surface area contributed by atoms with Gasteiger partial charge in [0, 0.05) is 27.0 Å². The zero-order chi connectivity index (χ0) is 17.2. The summed E-state index contributed by atoms with van der Waals surface area (Å²) >= 11 is 0. The third-order valence-corrected chi connectivity index (χ3v) is 5.65. The maximum atomic E-state index is 13.2. The molecule has 0 radical (unpaired) electrons. The van der Waals surface area contributed by atoms with Gasteiger partial charge in [0.15, 0.2) is 0 Å². The number of hydrogen-bond donors (Lipinski definition) is 0. The van der Waals surface area contributed by atoms with E-state index in [1.54, 1.807) is 20.4 Å². The van der Waals surface area contributed by atoms with Crippen LogP contribution in [0.25, 0.3) is 0 Å². The van der Waals surface area contributed by atoms with Gasteiger partial charge in [-0.25, -0.2) is 9.97 Å². The molecular formula is C18H27N3O3. The van der Waals surface area contributed by atoms with E-state index in [0.29, 0.717) is 12.1 Å². The Labute approximate surface area is 143 Å². The van der Waals surface area contributed by atoms with Gasteiger partial charge in [-0.1, -0.05) is 13.3 Å². The van der Waals surface area contributed by atoms with Crippen LogP contribution in [0.4, 0.5) is 0 Å². The first-order valence-electron chi connectivity index (χ1n) is 8.83. The molecule has 6 heteroatoms. The van der Waals surface area contributed by atoms with E-state index in [4.69, 9.17) is 9.47 Å². The third kappa shape index (κ3) is 2.93. The average Bonchev–Trinajstić information content (AvgIpc) is 3.01. The number of aryl methyl sites for hydroxylation is 1. The van der Waals surface area contributed by atoms with Crippen molar-refractivity contribution in [1.29, 1.82) is 0 Å². The first kappa shape index (κ1) is 17.3. The van der Waals surface area contributed by atoms with Gasteiger partial charge in [0.2, 0.25) is 0 Å². The highest BCUT2D eigenvalue weighted by atomic mass is 16.5. The van der Waals surface area contributed by atoms with E-state index in [9.17, 15) is 4.79 Å². The predicted octanol–water partition coefficient (Wildman–Crippen LogP) is 2.23. The van der Waals surface area contributed by atoms with E-state index >= 15 is 0 Å². The van der Waals surface area contributed by atoms with E-state index in [2.05, 4.69) is 16.9 Å². The van der Waals surface area contributed by atoms with E-state index in [1.165, 1.54) is 6.33 Å². The van der Waals surface area contributed by atoms with Crippen molar-refractivity contribution in [3.8, 4) is 0 Å². The van der Waals surface area contributed by atoms with Crippen molar-refractivity contribution < 1.29 is 14.3 Å². The van der Waals surface area contributed by atoms with Crippen molar-refractivity contribution in [1.82, 2.24) is 14.9 Å². The Morgan fingerprint density at radius 1 is 1.42 bits per heavy atom. The molecule has 0 spiro atoms. The fourth-order valence-electron chi connectivity index (χ4n) is 4.24. The molecule has 6 nitrogen and oxygen atoms in total. The molecule has 1 aromatic heterocycles. The Morgan fingerprint density at radius 2 is 2.25 bits per heavy atom. The lowest BCUT2D eigenvalue weighted by atomic mass is 9.79. The summed E-state index contributed by atoms with van der Waals surface area (Å²) in [5.74, 6) is 0.0275. The van der Waals surface area contributed by atoms with Crippen molar-refractivity contribution in [3.05, 3.63) is 23.8 Å². The van der Waals surface area contributed by atoms with Crippen molar-refractivity contribution in [3.63, 3.8) is 0 Å². The van der Waals surface area contributed by atoms with Crippen LogP contribution in [0.2, 0.25) is 0 Å². The molecule has 1 amide bonds. The van der Waals surface area contributed by atoms with E-state index in [-0.39, 0.29) is 23.7 Å². The van der Waals surface area contributed by atoms with Crippen molar-refractivity contribution in [2.75, 3.05) is 20.8 Å². The van der Waals surface area contributed by atoms with Crippen LogP contribution in [0.3, 0.4) is 0 Å². The molecule has 0 aromatic carbocycles. The predicted molar refractivity (Wildman–Crippen MR) is 89.9 cm³/mol. The fourth-order valence-corrected chi connectivity index (χ4v) is 4.24. The number of likely N-dealkylation sites (tertiary alicyclic amines) is 1. The first-order valence-corrected chi connectivity index (χ1v) is 8.83. The van der Waals surface area contributed by atoms with E-state index in [1.807, 2.05) is 4.90 Å². The SMILES string of the molecule is CCCc1ncncc1C(=O)N1CC[C@]2(OC)CCC(OC)CC12. The lowest BCUT2D eigenvalue weighted by Gasteiger charge is -2.43. The zero-order valence-electron chi connectivity index (χ0n) is 14.8. The summed E-state index contributed by atoms with van der Waals surface area (Å²) in [7, 11) is 3.51. The van der Waals surface area contributed by atoms with Gasteiger partial charge in [-0.05, 0) is 32.1 Å². The van der Waals surface area contributed by atoms with Gasteiger partial charge < -0.3 is 14.4 Å². The van der Waals surface area contributed by atoms with Crippen LogP contribution in [-0.2, 0) is 15.9 Å². The van der Waals surface area contributed by atoms with Crippen LogP contribution in [-0.4, -0.2) is 59.3 Å². The fraction of sp³-hybridized carbons (Fsp3) is 0.722. The first-order chi connectivity index (χ1) is 11.6. The zero-order valence-corrected chi connectivity index (χ0v) is 14.8. The Morgan fingerprint density at radius 3 is 2.96 bits per heavy atom. The lowest BCUT2D eigenvalue weighted by molar-refractivity contribution is -0.0893. The molecule has 2 unspecified atom stereocenters.